The Morgan fingerprint density at radius 3 is 1.14 bits per heavy atom. The number of benzene rings is 4. The molecule has 4 aromatic rings. The molecule has 0 N–H and O–H groups in total. The van der Waals surface area contributed by atoms with Gasteiger partial charge in [-0.1, -0.05) is 121 Å². The summed E-state index contributed by atoms with van der Waals surface area (Å²) < 4.78 is 6.98. The fraction of sp³-hybridized carbons (Fsp3) is 0.125. The minimum absolute atomic E-state index is 0.0918. The highest BCUT2D eigenvalue weighted by Gasteiger charge is 2.69. The van der Waals surface area contributed by atoms with E-state index >= 15 is 0 Å². The van der Waals surface area contributed by atoms with Crippen LogP contribution in [0.3, 0.4) is 0 Å². The van der Waals surface area contributed by atoms with Crippen LogP contribution in [-0.4, -0.2) is 11.6 Å². The Morgan fingerprint density at radius 1 is 0.486 bits per heavy atom. The molecule has 1 fully saturated rings. The Balaban J connectivity index is 1.61. The molecule has 0 spiro atoms. The lowest BCUT2D eigenvalue weighted by Crippen LogP contribution is -2.44. The molecule has 0 aromatic heterocycles. The maximum Gasteiger partial charge on any atom is 0.170 e. The minimum Gasteiger partial charge on any atom is -0.349 e. The third-order valence-corrected chi connectivity index (χ3v) is 7.31. The molecule has 6 rings (SSSR count). The van der Waals surface area contributed by atoms with E-state index in [-0.39, 0.29) is 11.6 Å². The number of carbonyl (C=O) groups excluding carboxylic acids is 2. The van der Waals surface area contributed by atoms with Crippen LogP contribution in [0, 0.1) is 11.8 Å². The smallest absolute Gasteiger partial charge is 0.170 e. The van der Waals surface area contributed by atoms with Crippen LogP contribution < -0.4 is 0 Å². The van der Waals surface area contributed by atoms with Gasteiger partial charge in [0.25, 0.3) is 0 Å². The molecule has 2 heterocycles. The van der Waals surface area contributed by atoms with Gasteiger partial charge < -0.3 is 4.74 Å². The maximum atomic E-state index is 14.3. The van der Waals surface area contributed by atoms with Crippen molar-refractivity contribution in [2.75, 3.05) is 0 Å². The molecular formula is C32H24O3. The van der Waals surface area contributed by atoms with E-state index in [9.17, 15) is 9.59 Å². The van der Waals surface area contributed by atoms with E-state index in [0.717, 1.165) is 11.1 Å². The number of ether oxygens (including phenoxy) is 1. The lowest BCUT2D eigenvalue weighted by molar-refractivity contribution is -0.0513. The predicted octanol–water partition coefficient (Wildman–Crippen LogP) is 6.38. The Kier molecular flexibility index (Phi) is 5.09. The molecule has 0 radical (unpaired) electrons. The van der Waals surface area contributed by atoms with E-state index in [1.807, 2.05) is 133 Å². The van der Waals surface area contributed by atoms with E-state index in [1.165, 1.54) is 0 Å². The molecule has 2 aliphatic heterocycles. The highest BCUT2D eigenvalue weighted by molar-refractivity contribution is 6.07. The average molecular weight is 457 g/mol. The highest BCUT2D eigenvalue weighted by atomic mass is 16.5. The van der Waals surface area contributed by atoms with Gasteiger partial charge in [-0.2, -0.15) is 0 Å². The van der Waals surface area contributed by atoms with Crippen molar-refractivity contribution in [2.45, 2.75) is 11.2 Å². The summed E-state index contributed by atoms with van der Waals surface area (Å²) in [6, 6.07) is 38.0. The second-order valence-corrected chi connectivity index (χ2v) is 9.17. The fourth-order valence-electron chi connectivity index (χ4n) is 5.75. The number of ketones is 2. The number of hydrogen-bond donors (Lipinski definition) is 0. The van der Waals surface area contributed by atoms with Gasteiger partial charge in [0.2, 0.25) is 0 Å². The van der Waals surface area contributed by atoms with Crippen molar-refractivity contribution in [1.82, 2.24) is 0 Å². The van der Waals surface area contributed by atoms with Crippen LogP contribution in [-0.2, 0) is 15.9 Å². The van der Waals surface area contributed by atoms with Gasteiger partial charge in [-0.3, -0.25) is 9.59 Å². The first-order chi connectivity index (χ1) is 17.2. The van der Waals surface area contributed by atoms with Crippen LogP contribution in [0.4, 0.5) is 0 Å². The summed E-state index contributed by atoms with van der Waals surface area (Å²) in [5, 5.41) is 0. The summed E-state index contributed by atoms with van der Waals surface area (Å²) in [5.74, 6) is -1.65. The zero-order valence-corrected chi connectivity index (χ0v) is 19.1. The van der Waals surface area contributed by atoms with Crippen LogP contribution in [0.25, 0.3) is 0 Å². The topological polar surface area (TPSA) is 43.4 Å². The predicted molar refractivity (Wildman–Crippen MR) is 135 cm³/mol. The van der Waals surface area contributed by atoms with Crippen molar-refractivity contribution >= 4 is 11.6 Å². The second-order valence-electron chi connectivity index (χ2n) is 9.17. The van der Waals surface area contributed by atoms with Crippen molar-refractivity contribution in [3.8, 4) is 0 Å². The Labute approximate surface area is 204 Å². The van der Waals surface area contributed by atoms with Crippen LogP contribution in [0.2, 0.25) is 0 Å². The minimum atomic E-state index is -1.06. The molecule has 4 aromatic carbocycles. The van der Waals surface area contributed by atoms with Crippen molar-refractivity contribution in [1.29, 1.82) is 0 Å². The van der Waals surface area contributed by atoms with Gasteiger partial charge in [0.15, 0.2) is 11.6 Å². The molecule has 3 heteroatoms. The number of hydrogen-bond acceptors (Lipinski definition) is 3. The number of Topliss-reactive ketones (excluding diaryl/α,β-unsaturated/α-hetero) is 2. The Morgan fingerprint density at radius 2 is 0.800 bits per heavy atom. The first kappa shape index (κ1) is 21.5. The number of carbonyl (C=O) groups is 2. The molecular weight excluding hydrogens is 432 g/mol. The summed E-state index contributed by atoms with van der Waals surface area (Å²) in [7, 11) is 0. The third-order valence-electron chi connectivity index (χ3n) is 7.31. The summed E-state index contributed by atoms with van der Waals surface area (Å²) in [6.45, 7) is 0. The lowest BCUT2D eigenvalue weighted by Gasteiger charge is -2.34. The molecule has 0 amide bonds. The van der Waals surface area contributed by atoms with Crippen LogP contribution in [0.5, 0.6) is 0 Å². The van der Waals surface area contributed by atoms with Crippen LogP contribution >= 0.6 is 0 Å². The van der Waals surface area contributed by atoms with Crippen LogP contribution in [0.1, 0.15) is 31.8 Å². The van der Waals surface area contributed by atoms with E-state index in [1.54, 1.807) is 0 Å². The van der Waals surface area contributed by atoms with Gasteiger partial charge in [0, 0.05) is 11.1 Å². The maximum absolute atomic E-state index is 14.3. The molecule has 170 valence electrons. The monoisotopic (exact) mass is 456 g/mol. The first-order valence-electron chi connectivity index (χ1n) is 11.9. The number of rotatable bonds is 6. The average Bonchev–Trinajstić information content (AvgIpc) is 3.49. The highest BCUT2D eigenvalue weighted by Crippen LogP contribution is 2.63. The molecule has 2 aliphatic rings. The standard InChI is InChI=1S/C32H24O3/c33-29(23-13-5-1-6-14-23)27-28(30(34)24-15-7-2-8-16-24)32(26-19-11-4-12-20-26)22-21-31(27,35-32)25-17-9-3-10-18-25/h1-22,27-28H. The Bertz CT molecular complexity index is 1290. The molecule has 2 bridgehead atoms. The van der Waals surface area contributed by atoms with Gasteiger partial charge in [-0.15, -0.1) is 0 Å². The number of fused-ring (bicyclic) bond motifs is 2. The van der Waals surface area contributed by atoms with E-state index in [0.29, 0.717) is 11.1 Å². The van der Waals surface area contributed by atoms with Gasteiger partial charge in [0.1, 0.15) is 11.2 Å². The molecule has 4 unspecified atom stereocenters. The van der Waals surface area contributed by atoms with Crippen LogP contribution in [0.15, 0.2) is 133 Å². The van der Waals surface area contributed by atoms with Crippen molar-refractivity contribution < 1.29 is 14.3 Å². The van der Waals surface area contributed by atoms with E-state index < -0.39 is 23.0 Å². The third kappa shape index (κ3) is 3.23. The zero-order chi connectivity index (χ0) is 23.9. The fourth-order valence-corrected chi connectivity index (χ4v) is 5.75. The van der Waals surface area contributed by atoms with Gasteiger partial charge in [0.05, 0.1) is 11.8 Å². The second kappa shape index (κ2) is 8.30. The normalized spacial score (nSPS) is 26.5. The Hall–Kier alpha value is -4.08. The van der Waals surface area contributed by atoms with Crippen molar-refractivity contribution in [3.63, 3.8) is 0 Å². The summed E-state index contributed by atoms with van der Waals surface area (Å²) in [5.41, 5.74) is 0.773. The van der Waals surface area contributed by atoms with Crippen molar-refractivity contribution in [3.05, 3.63) is 156 Å². The molecule has 4 atom stereocenters. The molecule has 0 saturated carbocycles. The largest absolute Gasteiger partial charge is 0.349 e. The lowest BCUT2D eigenvalue weighted by atomic mass is 9.62. The van der Waals surface area contributed by atoms with Gasteiger partial charge in [-0.25, -0.2) is 0 Å². The first-order valence-corrected chi connectivity index (χ1v) is 11.9. The molecule has 3 nitrogen and oxygen atoms in total. The molecule has 35 heavy (non-hydrogen) atoms. The van der Waals surface area contributed by atoms with E-state index in [4.69, 9.17) is 4.74 Å². The molecule has 0 aliphatic carbocycles. The van der Waals surface area contributed by atoms with E-state index in [2.05, 4.69) is 0 Å². The zero-order valence-electron chi connectivity index (χ0n) is 19.1. The van der Waals surface area contributed by atoms with Gasteiger partial charge in [-0.05, 0) is 23.3 Å². The molecule has 1 saturated heterocycles. The summed E-state index contributed by atoms with van der Waals surface area (Å²) in [4.78, 5) is 28.5. The SMILES string of the molecule is O=C(c1ccccc1)C1C(C(=O)c2ccccc2)C2(c3ccccc3)C=CC1(c1ccccc1)O2. The summed E-state index contributed by atoms with van der Waals surface area (Å²) in [6.07, 6.45) is 3.99. The summed E-state index contributed by atoms with van der Waals surface area (Å²) >= 11 is 0. The van der Waals surface area contributed by atoms with Gasteiger partial charge >= 0.3 is 0 Å². The van der Waals surface area contributed by atoms with Crippen molar-refractivity contribution in [2.24, 2.45) is 11.8 Å². The quantitative estimate of drug-likeness (QED) is 0.250.